The number of amides is 3. The van der Waals surface area contributed by atoms with Crippen molar-refractivity contribution < 1.29 is 14.4 Å². The topological polar surface area (TPSA) is 82.6 Å². The lowest BCUT2D eigenvalue weighted by Crippen LogP contribution is -2.50. The van der Waals surface area contributed by atoms with E-state index in [4.69, 9.17) is 0 Å². The van der Waals surface area contributed by atoms with Crippen LogP contribution < -0.4 is 5.32 Å². The molecule has 7 heteroatoms. The third kappa shape index (κ3) is 4.73. The van der Waals surface area contributed by atoms with Crippen LogP contribution in [0.25, 0.3) is 0 Å². The Morgan fingerprint density at radius 3 is 2.29 bits per heavy atom. The Hall–Kier alpha value is -3.22. The van der Waals surface area contributed by atoms with Crippen LogP contribution in [0.1, 0.15) is 39.0 Å². The quantitative estimate of drug-likeness (QED) is 0.874. The number of hydrogen-bond acceptors (Lipinski definition) is 4. The number of pyridine rings is 1. The SMILES string of the molecule is CC(=O)N1CCN(C(=O)c2cccc(C(=O)NCc3cccc(C)c3)n2)CC1. The molecule has 1 aliphatic rings. The van der Waals surface area contributed by atoms with E-state index in [2.05, 4.69) is 10.3 Å². The molecule has 7 nitrogen and oxygen atoms in total. The van der Waals surface area contributed by atoms with Crippen molar-refractivity contribution in [1.82, 2.24) is 20.1 Å². The molecule has 0 aliphatic carbocycles. The maximum absolute atomic E-state index is 12.7. The van der Waals surface area contributed by atoms with Crippen LogP contribution in [0, 0.1) is 6.92 Å². The monoisotopic (exact) mass is 380 g/mol. The van der Waals surface area contributed by atoms with Crippen LogP contribution in [-0.2, 0) is 11.3 Å². The minimum absolute atomic E-state index is 0.0116. The fourth-order valence-electron chi connectivity index (χ4n) is 3.16. The number of aromatic nitrogens is 1. The van der Waals surface area contributed by atoms with Gasteiger partial charge in [-0.25, -0.2) is 4.98 Å². The molecule has 2 aromatic rings. The Kier molecular flexibility index (Phi) is 6.03. The van der Waals surface area contributed by atoms with Gasteiger partial charge >= 0.3 is 0 Å². The van der Waals surface area contributed by atoms with Gasteiger partial charge in [0.1, 0.15) is 11.4 Å². The summed E-state index contributed by atoms with van der Waals surface area (Å²) >= 11 is 0. The second kappa shape index (κ2) is 8.65. The Morgan fingerprint density at radius 1 is 0.964 bits per heavy atom. The van der Waals surface area contributed by atoms with Crippen molar-refractivity contribution in [2.45, 2.75) is 20.4 Å². The Bertz CT molecular complexity index is 889. The highest BCUT2D eigenvalue weighted by Crippen LogP contribution is 2.09. The maximum Gasteiger partial charge on any atom is 0.272 e. The van der Waals surface area contributed by atoms with Gasteiger partial charge < -0.3 is 15.1 Å². The first-order valence-corrected chi connectivity index (χ1v) is 9.29. The summed E-state index contributed by atoms with van der Waals surface area (Å²) in [6.45, 7) is 5.87. The number of piperazine rings is 1. The lowest BCUT2D eigenvalue weighted by atomic mass is 10.1. The fraction of sp³-hybridized carbons (Fsp3) is 0.333. The van der Waals surface area contributed by atoms with Crippen molar-refractivity contribution in [3.63, 3.8) is 0 Å². The fourth-order valence-corrected chi connectivity index (χ4v) is 3.16. The van der Waals surface area contributed by atoms with Gasteiger partial charge in [-0.15, -0.1) is 0 Å². The normalized spacial score (nSPS) is 13.9. The minimum Gasteiger partial charge on any atom is -0.347 e. The van der Waals surface area contributed by atoms with Gasteiger partial charge in [-0.3, -0.25) is 14.4 Å². The average Bonchev–Trinajstić information content (AvgIpc) is 2.71. The summed E-state index contributed by atoms with van der Waals surface area (Å²) in [4.78, 5) is 44.2. The molecule has 0 bridgehead atoms. The van der Waals surface area contributed by atoms with E-state index in [1.54, 1.807) is 28.0 Å². The molecule has 0 spiro atoms. The maximum atomic E-state index is 12.7. The molecule has 1 aromatic heterocycles. The summed E-state index contributed by atoms with van der Waals surface area (Å²) in [6, 6.07) is 12.8. The smallest absolute Gasteiger partial charge is 0.272 e. The van der Waals surface area contributed by atoms with Crippen LogP contribution in [0.3, 0.4) is 0 Å². The van der Waals surface area contributed by atoms with E-state index in [1.807, 2.05) is 31.2 Å². The minimum atomic E-state index is -0.322. The van der Waals surface area contributed by atoms with Gasteiger partial charge in [0.25, 0.3) is 11.8 Å². The molecule has 28 heavy (non-hydrogen) atoms. The lowest BCUT2D eigenvalue weighted by molar-refractivity contribution is -0.130. The van der Waals surface area contributed by atoms with Gasteiger partial charge in [0.2, 0.25) is 5.91 Å². The standard InChI is InChI=1S/C21H24N4O3/c1-15-5-3-6-17(13-15)14-22-20(27)18-7-4-8-19(23-18)21(28)25-11-9-24(10-12-25)16(2)26/h3-8,13H,9-12,14H2,1-2H3,(H,22,27). The summed E-state index contributed by atoms with van der Waals surface area (Å²) < 4.78 is 0. The number of carbonyl (C=O) groups is 3. The molecule has 0 radical (unpaired) electrons. The lowest BCUT2D eigenvalue weighted by Gasteiger charge is -2.34. The van der Waals surface area contributed by atoms with Crippen LogP contribution in [0.2, 0.25) is 0 Å². The van der Waals surface area contributed by atoms with E-state index in [0.717, 1.165) is 11.1 Å². The summed E-state index contributed by atoms with van der Waals surface area (Å²) in [5, 5.41) is 2.84. The molecule has 1 N–H and O–H groups in total. The van der Waals surface area contributed by atoms with Crippen LogP contribution in [0.5, 0.6) is 0 Å². The zero-order valence-electron chi connectivity index (χ0n) is 16.1. The van der Waals surface area contributed by atoms with Crippen molar-refractivity contribution >= 4 is 17.7 Å². The number of carbonyl (C=O) groups excluding carboxylic acids is 3. The molecule has 0 unspecified atom stereocenters. The molecular formula is C21H24N4O3. The second-order valence-electron chi connectivity index (χ2n) is 6.88. The first kappa shape index (κ1) is 19.5. The van der Waals surface area contributed by atoms with E-state index in [1.165, 1.54) is 6.92 Å². The number of nitrogens with one attached hydrogen (secondary N) is 1. The molecule has 3 amide bonds. The summed E-state index contributed by atoms with van der Waals surface area (Å²) in [5.74, 6) is -0.536. The zero-order chi connectivity index (χ0) is 20.1. The van der Waals surface area contributed by atoms with E-state index in [9.17, 15) is 14.4 Å². The highest BCUT2D eigenvalue weighted by molar-refractivity contribution is 5.96. The predicted octanol–water partition coefficient (Wildman–Crippen LogP) is 1.62. The van der Waals surface area contributed by atoms with Gasteiger partial charge in [-0.05, 0) is 24.6 Å². The van der Waals surface area contributed by atoms with Crippen molar-refractivity contribution in [2.75, 3.05) is 26.2 Å². The summed E-state index contributed by atoms with van der Waals surface area (Å²) in [6.07, 6.45) is 0. The van der Waals surface area contributed by atoms with E-state index in [-0.39, 0.29) is 29.1 Å². The molecule has 1 saturated heterocycles. The van der Waals surface area contributed by atoms with Gasteiger partial charge in [0.05, 0.1) is 0 Å². The molecule has 0 atom stereocenters. The average molecular weight is 380 g/mol. The van der Waals surface area contributed by atoms with Crippen molar-refractivity contribution in [1.29, 1.82) is 0 Å². The number of benzene rings is 1. The molecule has 3 rings (SSSR count). The van der Waals surface area contributed by atoms with Crippen LogP contribution in [-0.4, -0.2) is 58.7 Å². The Balaban J connectivity index is 1.62. The summed E-state index contributed by atoms with van der Waals surface area (Å²) in [5.41, 5.74) is 2.58. The Morgan fingerprint density at radius 2 is 1.61 bits per heavy atom. The van der Waals surface area contributed by atoms with E-state index < -0.39 is 0 Å². The molecule has 2 heterocycles. The first-order chi connectivity index (χ1) is 13.4. The predicted molar refractivity (Wildman–Crippen MR) is 105 cm³/mol. The largest absolute Gasteiger partial charge is 0.347 e. The summed E-state index contributed by atoms with van der Waals surface area (Å²) in [7, 11) is 0. The molecule has 1 aromatic carbocycles. The van der Waals surface area contributed by atoms with Crippen molar-refractivity contribution in [3.05, 3.63) is 65.0 Å². The molecule has 146 valence electrons. The number of hydrogen-bond donors (Lipinski definition) is 1. The van der Waals surface area contributed by atoms with E-state index in [0.29, 0.717) is 32.7 Å². The second-order valence-corrected chi connectivity index (χ2v) is 6.88. The van der Waals surface area contributed by atoms with Gasteiger partial charge in [0.15, 0.2) is 0 Å². The first-order valence-electron chi connectivity index (χ1n) is 9.29. The Labute approximate surface area is 164 Å². The highest BCUT2D eigenvalue weighted by atomic mass is 16.2. The van der Waals surface area contributed by atoms with Crippen LogP contribution in [0.4, 0.5) is 0 Å². The van der Waals surface area contributed by atoms with Crippen molar-refractivity contribution in [3.8, 4) is 0 Å². The highest BCUT2D eigenvalue weighted by Gasteiger charge is 2.24. The molecule has 0 saturated carbocycles. The van der Waals surface area contributed by atoms with Gasteiger partial charge in [0, 0.05) is 39.6 Å². The molecule has 1 aliphatic heterocycles. The number of aryl methyl sites for hydroxylation is 1. The third-order valence-electron chi connectivity index (χ3n) is 4.75. The van der Waals surface area contributed by atoms with Gasteiger partial charge in [-0.1, -0.05) is 35.9 Å². The third-order valence-corrected chi connectivity index (χ3v) is 4.75. The van der Waals surface area contributed by atoms with E-state index >= 15 is 0 Å². The molecule has 1 fully saturated rings. The number of nitrogens with zero attached hydrogens (tertiary/aromatic N) is 3. The van der Waals surface area contributed by atoms with Gasteiger partial charge in [-0.2, -0.15) is 0 Å². The zero-order valence-corrected chi connectivity index (χ0v) is 16.1. The number of rotatable bonds is 4. The van der Waals surface area contributed by atoms with Crippen LogP contribution >= 0.6 is 0 Å². The van der Waals surface area contributed by atoms with Crippen molar-refractivity contribution in [2.24, 2.45) is 0 Å². The molecular weight excluding hydrogens is 356 g/mol. The van der Waals surface area contributed by atoms with Crippen LogP contribution in [0.15, 0.2) is 42.5 Å².